The Morgan fingerprint density at radius 2 is 1.53 bits per heavy atom. The summed E-state index contributed by atoms with van der Waals surface area (Å²) in [7, 11) is 0. The minimum absolute atomic E-state index is 0.270. The lowest BCUT2D eigenvalue weighted by molar-refractivity contribution is -0.118. The van der Waals surface area contributed by atoms with Crippen molar-refractivity contribution in [2.45, 2.75) is 12.6 Å². The van der Waals surface area contributed by atoms with E-state index in [1.165, 1.54) is 6.07 Å². The quantitative estimate of drug-likeness (QED) is 0.484. The van der Waals surface area contributed by atoms with Crippen LogP contribution >= 0.6 is 0 Å². The molecule has 0 aliphatic rings. The van der Waals surface area contributed by atoms with Crippen molar-refractivity contribution in [2.24, 2.45) is 11.5 Å². The second kappa shape index (κ2) is 9.49. The molecule has 0 spiro atoms. The topological polar surface area (TPSA) is 127 Å². The van der Waals surface area contributed by atoms with E-state index >= 15 is 0 Å². The molecule has 0 saturated heterocycles. The molecule has 0 radical (unpaired) electrons. The second-order valence-corrected chi connectivity index (χ2v) is 6.66. The number of anilines is 1. The van der Waals surface area contributed by atoms with Gasteiger partial charge in [0, 0.05) is 23.4 Å². The van der Waals surface area contributed by atoms with Crippen LogP contribution in [0.3, 0.4) is 0 Å². The third-order valence-electron chi connectivity index (χ3n) is 4.51. The Kier molecular flexibility index (Phi) is 6.56. The van der Waals surface area contributed by atoms with Crippen LogP contribution in [0.15, 0.2) is 78.9 Å². The molecular weight excluding hydrogens is 380 g/mol. The number of rotatable bonds is 7. The van der Waals surface area contributed by atoms with Gasteiger partial charge < -0.3 is 22.1 Å². The van der Waals surface area contributed by atoms with Crippen molar-refractivity contribution in [1.29, 1.82) is 0 Å². The molecule has 0 heterocycles. The standard InChI is InChI=1S/C23H22N4O3/c24-14-15-6-4-10-18(12-15)22(29)27-20(16-7-2-1-3-8-16)23(30)26-19-11-5-9-17(13-19)21(25)28/h1-13,20H,14,24H2,(H2,25,28)(H,26,30)(H,27,29). The minimum Gasteiger partial charge on any atom is -0.366 e. The molecule has 3 aromatic carbocycles. The van der Waals surface area contributed by atoms with Gasteiger partial charge in [-0.1, -0.05) is 48.5 Å². The Hall–Kier alpha value is -3.97. The van der Waals surface area contributed by atoms with Crippen molar-refractivity contribution < 1.29 is 14.4 Å². The number of amides is 3. The molecule has 0 fully saturated rings. The van der Waals surface area contributed by atoms with Gasteiger partial charge in [0.05, 0.1) is 0 Å². The summed E-state index contributed by atoms with van der Waals surface area (Å²) >= 11 is 0. The fourth-order valence-electron chi connectivity index (χ4n) is 2.96. The summed E-state index contributed by atoms with van der Waals surface area (Å²) in [6, 6.07) is 21.1. The summed E-state index contributed by atoms with van der Waals surface area (Å²) in [4.78, 5) is 37.2. The lowest BCUT2D eigenvalue weighted by Crippen LogP contribution is -2.37. The minimum atomic E-state index is -0.947. The van der Waals surface area contributed by atoms with Gasteiger partial charge >= 0.3 is 0 Å². The first-order valence-electron chi connectivity index (χ1n) is 9.33. The van der Waals surface area contributed by atoms with Gasteiger partial charge in [-0.25, -0.2) is 0 Å². The van der Waals surface area contributed by atoms with E-state index in [0.717, 1.165) is 5.56 Å². The maximum Gasteiger partial charge on any atom is 0.252 e. The highest BCUT2D eigenvalue weighted by Crippen LogP contribution is 2.18. The largest absolute Gasteiger partial charge is 0.366 e. The molecule has 7 heteroatoms. The Bertz CT molecular complexity index is 1070. The van der Waals surface area contributed by atoms with Crippen LogP contribution in [0.1, 0.15) is 37.9 Å². The molecule has 152 valence electrons. The number of benzene rings is 3. The fraction of sp³-hybridized carbons (Fsp3) is 0.0870. The van der Waals surface area contributed by atoms with Crippen LogP contribution in [0.25, 0.3) is 0 Å². The number of primary amides is 1. The van der Waals surface area contributed by atoms with Crippen LogP contribution in [0.2, 0.25) is 0 Å². The molecule has 0 aliphatic heterocycles. The zero-order valence-electron chi connectivity index (χ0n) is 16.2. The lowest BCUT2D eigenvalue weighted by atomic mass is 10.0. The molecule has 0 aromatic heterocycles. The van der Waals surface area contributed by atoms with Crippen LogP contribution in [-0.2, 0) is 11.3 Å². The third kappa shape index (κ3) is 5.09. The molecule has 1 atom stereocenters. The summed E-state index contributed by atoms with van der Waals surface area (Å²) < 4.78 is 0. The van der Waals surface area contributed by atoms with E-state index in [-0.39, 0.29) is 5.56 Å². The number of hydrogen-bond acceptors (Lipinski definition) is 4. The van der Waals surface area contributed by atoms with Gasteiger partial charge in [-0.3, -0.25) is 14.4 Å². The number of nitrogens with two attached hydrogens (primary N) is 2. The van der Waals surface area contributed by atoms with Crippen LogP contribution < -0.4 is 22.1 Å². The first-order chi connectivity index (χ1) is 14.5. The predicted octanol–water partition coefficient (Wildman–Crippen LogP) is 2.35. The average Bonchev–Trinajstić information content (AvgIpc) is 2.78. The summed E-state index contributed by atoms with van der Waals surface area (Å²) in [6.07, 6.45) is 0. The highest BCUT2D eigenvalue weighted by molar-refractivity contribution is 6.02. The van der Waals surface area contributed by atoms with Crippen molar-refractivity contribution in [3.63, 3.8) is 0 Å². The van der Waals surface area contributed by atoms with Crippen LogP contribution in [-0.4, -0.2) is 17.7 Å². The van der Waals surface area contributed by atoms with E-state index in [9.17, 15) is 14.4 Å². The van der Waals surface area contributed by atoms with Gasteiger partial charge in [0.15, 0.2) is 0 Å². The van der Waals surface area contributed by atoms with Crippen molar-refractivity contribution in [1.82, 2.24) is 5.32 Å². The lowest BCUT2D eigenvalue weighted by Gasteiger charge is -2.19. The maximum absolute atomic E-state index is 13.0. The molecule has 0 aliphatic carbocycles. The van der Waals surface area contributed by atoms with E-state index in [0.29, 0.717) is 23.4 Å². The smallest absolute Gasteiger partial charge is 0.252 e. The number of carbonyl (C=O) groups excluding carboxylic acids is 3. The SMILES string of the molecule is NCc1cccc(C(=O)NC(C(=O)Nc2cccc(C(N)=O)c2)c2ccccc2)c1. The first-order valence-corrected chi connectivity index (χ1v) is 9.33. The van der Waals surface area contributed by atoms with Gasteiger partial charge in [-0.05, 0) is 41.5 Å². The zero-order chi connectivity index (χ0) is 21.5. The van der Waals surface area contributed by atoms with Crippen molar-refractivity contribution in [3.8, 4) is 0 Å². The van der Waals surface area contributed by atoms with Crippen LogP contribution in [0.4, 0.5) is 5.69 Å². The van der Waals surface area contributed by atoms with Gasteiger partial charge in [0.1, 0.15) is 6.04 Å². The Morgan fingerprint density at radius 3 is 2.23 bits per heavy atom. The van der Waals surface area contributed by atoms with E-state index in [1.54, 1.807) is 60.7 Å². The van der Waals surface area contributed by atoms with Crippen LogP contribution in [0.5, 0.6) is 0 Å². The summed E-state index contributed by atoms with van der Waals surface area (Å²) in [5.41, 5.74) is 13.5. The molecule has 1 unspecified atom stereocenters. The molecule has 30 heavy (non-hydrogen) atoms. The monoisotopic (exact) mass is 402 g/mol. The molecule has 0 bridgehead atoms. The molecule has 3 rings (SSSR count). The second-order valence-electron chi connectivity index (χ2n) is 6.66. The Labute approximate surface area is 174 Å². The summed E-state index contributed by atoms with van der Waals surface area (Å²) in [5, 5.41) is 5.51. The highest BCUT2D eigenvalue weighted by atomic mass is 16.2. The highest BCUT2D eigenvalue weighted by Gasteiger charge is 2.23. The van der Waals surface area contributed by atoms with Gasteiger partial charge in [0.2, 0.25) is 5.91 Å². The van der Waals surface area contributed by atoms with Crippen molar-refractivity contribution in [3.05, 3.63) is 101 Å². The average molecular weight is 402 g/mol. The Morgan fingerprint density at radius 1 is 0.833 bits per heavy atom. The third-order valence-corrected chi connectivity index (χ3v) is 4.51. The molecule has 7 nitrogen and oxygen atoms in total. The molecule has 6 N–H and O–H groups in total. The summed E-state index contributed by atoms with van der Waals surface area (Å²) in [5.74, 6) is -1.45. The fourth-order valence-corrected chi connectivity index (χ4v) is 2.96. The van der Waals surface area contributed by atoms with Gasteiger partial charge in [0.25, 0.3) is 11.8 Å². The van der Waals surface area contributed by atoms with E-state index < -0.39 is 23.8 Å². The van der Waals surface area contributed by atoms with Crippen LogP contribution in [0, 0.1) is 0 Å². The molecule has 3 aromatic rings. The molecule has 0 saturated carbocycles. The van der Waals surface area contributed by atoms with Gasteiger partial charge in [-0.2, -0.15) is 0 Å². The Balaban J connectivity index is 1.85. The molecule has 3 amide bonds. The van der Waals surface area contributed by atoms with E-state index in [2.05, 4.69) is 10.6 Å². The van der Waals surface area contributed by atoms with E-state index in [1.807, 2.05) is 12.1 Å². The van der Waals surface area contributed by atoms with Crippen molar-refractivity contribution >= 4 is 23.4 Å². The number of nitrogens with one attached hydrogen (secondary N) is 2. The normalized spacial score (nSPS) is 11.4. The molecular formula is C23H22N4O3. The maximum atomic E-state index is 13.0. The number of hydrogen-bond donors (Lipinski definition) is 4. The first kappa shape index (κ1) is 20.8. The predicted molar refractivity (Wildman–Crippen MR) is 115 cm³/mol. The number of carbonyl (C=O) groups is 3. The van der Waals surface area contributed by atoms with E-state index in [4.69, 9.17) is 11.5 Å². The summed E-state index contributed by atoms with van der Waals surface area (Å²) in [6.45, 7) is 0.305. The van der Waals surface area contributed by atoms with Crippen molar-refractivity contribution in [2.75, 3.05) is 5.32 Å². The van der Waals surface area contributed by atoms with Gasteiger partial charge in [-0.15, -0.1) is 0 Å². The zero-order valence-corrected chi connectivity index (χ0v) is 16.2.